The maximum Gasteiger partial charge on any atom is 0.0780 e. The third kappa shape index (κ3) is 2.98. The van der Waals surface area contributed by atoms with Gasteiger partial charge in [0.1, 0.15) is 0 Å². The van der Waals surface area contributed by atoms with Crippen LogP contribution in [0.2, 0.25) is 0 Å². The van der Waals surface area contributed by atoms with Crippen molar-refractivity contribution in [3.63, 3.8) is 0 Å². The summed E-state index contributed by atoms with van der Waals surface area (Å²) in [6, 6.07) is 39.7. The number of hydrogen-bond donors (Lipinski definition) is 0. The van der Waals surface area contributed by atoms with E-state index in [0.717, 1.165) is 11.3 Å². The van der Waals surface area contributed by atoms with Crippen molar-refractivity contribution in [2.75, 3.05) is 0 Å². The molecule has 0 spiro atoms. The predicted molar refractivity (Wildman–Crippen MR) is 148 cm³/mol. The van der Waals surface area contributed by atoms with E-state index in [1.54, 1.807) is 0 Å². The normalized spacial score (nSPS) is 13.7. The highest BCUT2D eigenvalue weighted by Crippen LogP contribution is 2.49. The van der Waals surface area contributed by atoms with Gasteiger partial charge >= 0.3 is 0 Å². The lowest BCUT2D eigenvalue weighted by atomic mass is 9.81. The van der Waals surface area contributed by atoms with Crippen LogP contribution in [-0.4, -0.2) is 4.98 Å². The molecule has 0 unspecified atom stereocenters. The monoisotopic (exact) mass is 447 g/mol. The first kappa shape index (κ1) is 20.2. The van der Waals surface area contributed by atoms with Gasteiger partial charge in [0.2, 0.25) is 0 Å². The van der Waals surface area contributed by atoms with Crippen molar-refractivity contribution in [3.05, 3.63) is 127 Å². The third-order valence-electron chi connectivity index (χ3n) is 7.75. The zero-order valence-corrected chi connectivity index (χ0v) is 19.9. The van der Waals surface area contributed by atoms with Crippen LogP contribution in [0.1, 0.15) is 25.0 Å². The molecular formula is C34H25N. The Bertz CT molecular complexity index is 1760. The molecule has 7 rings (SSSR count). The second-order valence-electron chi connectivity index (χ2n) is 10.0. The third-order valence-corrected chi connectivity index (χ3v) is 7.75. The largest absolute Gasteiger partial charge is 0.256 e. The molecule has 0 radical (unpaired) electrons. The topological polar surface area (TPSA) is 12.9 Å². The van der Waals surface area contributed by atoms with Crippen LogP contribution in [0.5, 0.6) is 0 Å². The van der Waals surface area contributed by atoms with Gasteiger partial charge in [-0.25, -0.2) is 0 Å². The summed E-state index contributed by atoms with van der Waals surface area (Å²) in [6.45, 7) is 4.67. The first-order valence-corrected chi connectivity index (χ1v) is 12.2. The molecule has 0 bridgehead atoms. The Kier molecular flexibility index (Phi) is 4.25. The second-order valence-corrected chi connectivity index (χ2v) is 10.0. The van der Waals surface area contributed by atoms with E-state index in [0.29, 0.717) is 0 Å². The molecule has 1 heterocycles. The van der Waals surface area contributed by atoms with Crippen LogP contribution in [0.3, 0.4) is 0 Å². The van der Waals surface area contributed by atoms with E-state index < -0.39 is 0 Å². The van der Waals surface area contributed by atoms with Crippen molar-refractivity contribution in [1.29, 1.82) is 0 Å². The van der Waals surface area contributed by atoms with Gasteiger partial charge in [0, 0.05) is 22.6 Å². The standard InChI is InChI=1S/C34H25N/c1-34(2)31-10-6-5-9-28(31)29-17-16-25(21-32(29)34)22-11-13-24(14-12-22)33-30-18-15-23-7-3-4-8-26(23)27(30)19-20-35-33/h3-21H,1-2H3. The van der Waals surface area contributed by atoms with Crippen molar-refractivity contribution in [1.82, 2.24) is 4.98 Å². The number of benzene rings is 5. The van der Waals surface area contributed by atoms with Gasteiger partial charge in [0.05, 0.1) is 5.69 Å². The fraction of sp³-hybridized carbons (Fsp3) is 0.0882. The molecule has 0 saturated carbocycles. The van der Waals surface area contributed by atoms with Crippen molar-refractivity contribution in [2.45, 2.75) is 19.3 Å². The average Bonchev–Trinajstić information content (AvgIpc) is 3.15. The van der Waals surface area contributed by atoms with E-state index >= 15 is 0 Å². The molecule has 0 amide bonds. The van der Waals surface area contributed by atoms with E-state index in [-0.39, 0.29) is 5.41 Å². The number of nitrogens with zero attached hydrogens (tertiary/aromatic N) is 1. The molecular weight excluding hydrogens is 422 g/mol. The van der Waals surface area contributed by atoms with Crippen molar-refractivity contribution in [3.8, 4) is 33.5 Å². The maximum atomic E-state index is 4.78. The quantitative estimate of drug-likeness (QED) is 0.241. The first-order chi connectivity index (χ1) is 17.1. The summed E-state index contributed by atoms with van der Waals surface area (Å²) >= 11 is 0. The van der Waals surface area contributed by atoms with Gasteiger partial charge in [-0.2, -0.15) is 0 Å². The first-order valence-electron chi connectivity index (χ1n) is 12.2. The van der Waals surface area contributed by atoms with Crippen LogP contribution < -0.4 is 0 Å². The minimum atomic E-state index is 0.0114. The summed E-state index contributed by atoms with van der Waals surface area (Å²) < 4.78 is 0. The molecule has 166 valence electrons. The lowest BCUT2D eigenvalue weighted by molar-refractivity contribution is 0.660. The van der Waals surface area contributed by atoms with Gasteiger partial charge in [-0.15, -0.1) is 0 Å². The Morgan fingerprint density at radius 3 is 2.11 bits per heavy atom. The smallest absolute Gasteiger partial charge is 0.0780 e. The SMILES string of the molecule is CC1(C)c2ccccc2-c2ccc(-c3ccc(-c4nccc5c4ccc4ccccc45)cc3)cc21. The highest BCUT2D eigenvalue weighted by molar-refractivity contribution is 6.11. The molecule has 5 aromatic carbocycles. The average molecular weight is 448 g/mol. The summed E-state index contributed by atoms with van der Waals surface area (Å²) in [5, 5.41) is 4.97. The number of pyridine rings is 1. The highest BCUT2D eigenvalue weighted by Gasteiger charge is 2.35. The Balaban J connectivity index is 1.30. The molecule has 6 aromatic rings. The summed E-state index contributed by atoms with van der Waals surface area (Å²) in [4.78, 5) is 4.78. The molecule has 0 saturated heterocycles. The molecule has 1 heteroatoms. The van der Waals surface area contributed by atoms with E-state index in [1.165, 1.54) is 54.9 Å². The minimum Gasteiger partial charge on any atom is -0.256 e. The lowest BCUT2D eigenvalue weighted by Crippen LogP contribution is -2.14. The Morgan fingerprint density at radius 2 is 1.23 bits per heavy atom. The molecule has 1 nitrogen and oxygen atoms in total. The van der Waals surface area contributed by atoms with Crippen LogP contribution in [-0.2, 0) is 5.41 Å². The van der Waals surface area contributed by atoms with Gasteiger partial charge in [-0.3, -0.25) is 4.98 Å². The number of fused-ring (bicyclic) bond motifs is 6. The van der Waals surface area contributed by atoms with Gasteiger partial charge in [-0.1, -0.05) is 111 Å². The second kappa shape index (κ2) is 7.38. The Labute approximate surface area is 205 Å². The zero-order chi connectivity index (χ0) is 23.6. The highest BCUT2D eigenvalue weighted by atomic mass is 14.7. The molecule has 0 atom stereocenters. The number of rotatable bonds is 2. The van der Waals surface area contributed by atoms with Gasteiger partial charge < -0.3 is 0 Å². The van der Waals surface area contributed by atoms with Crippen LogP contribution in [0, 0.1) is 0 Å². The molecule has 0 N–H and O–H groups in total. The molecule has 1 aliphatic rings. The maximum absolute atomic E-state index is 4.78. The Morgan fingerprint density at radius 1 is 0.514 bits per heavy atom. The summed E-state index contributed by atoms with van der Waals surface area (Å²) in [5.41, 5.74) is 10.2. The fourth-order valence-electron chi connectivity index (χ4n) is 5.87. The molecule has 1 aliphatic carbocycles. The molecule has 0 aliphatic heterocycles. The van der Waals surface area contributed by atoms with Crippen LogP contribution in [0.15, 0.2) is 115 Å². The lowest BCUT2D eigenvalue weighted by Gasteiger charge is -2.22. The van der Waals surface area contributed by atoms with Crippen LogP contribution in [0.4, 0.5) is 0 Å². The van der Waals surface area contributed by atoms with E-state index in [2.05, 4.69) is 123 Å². The van der Waals surface area contributed by atoms with Gasteiger partial charge in [-0.05, 0) is 61.7 Å². The summed E-state index contributed by atoms with van der Waals surface area (Å²) in [5.74, 6) is 0. The minimum absolute atomic E-state index is 0.0114. The Hall–Kier alpha value is -4.23. The predicted octanol–water partition coefficient (Wildman–Crippen LogP) is 9.03. The van der Waals surface area contributed by atoms with Crippen molar-refractivity contribution < 1.29 is 0 Å². The summed E-state index contributed by atoms with van der Waals surface area (Å²) in [6.07, 6.45) is 1.93. The van der Waals surface area contributed by atoms with E-state index in [4.69, 9.17) is 4.98 Å². The van der Waals surface area contributed by atoms with E-state index in [1.807, 2.05) is 6.20 Å². The molecule has 0 fully saturated rings. The van der Waals surface area contributed by atoms with Crippen molar-refractivity contribution >= 4 is 21.5 Å². The zero-order valence-electron chi connectivity index (χ0n) is 19.9. The van der Waals surface area contributed by atoms with Gasteiger partial charge in [0.15, 0.2) is 0 Å². The van der Waals surface area contributed by atoms with Crippen molar-refractivity contribution in [2.24, 2.45) is 0 Å². The molecule has 35 heavy (non-hydrogen) atoms. The molecule has 1 aromatic heterocycles. The van der Waals surface area contributed by atoms with Gasteiger partial charge in [0.25, 0.3) is 0 Å². The summed E-state index contributed by atoms with van der Waals surface area (Å²) in [7, 11) is 0. The van der Waals surface area contributed by atoms with E-state index in [9.17, 15) is 0 Å². The number of hydrogen-bond acceptors (Lipinski definition) is 1. The fourth-order valence-corrected chi connectivity index (χ4v) is 5.87. The van der Waals surface area contributed by atoms with Crippen LogP contribution >= 0.6 is 0 Å². The number of aromatic nitrogens is 1. The van der Waals surface area contributed by atoms with Crippen LogP contribution in [0.25, 0.3) is 55.1 Å².